The zero-order valence-electron chi connectivity index (χ0n) is 8.69. The Bertz CT molecular complexity index is 205. The van der Waals surface area contributed by atoms with E-state index >= 15 is 0 Å². The molecule has 2 saturated carbocycles. The van der Waals surface area contributed by atoms with E-state index < -0.39 is 0 Å². The molecule has 3 unspecified atom stereocenters. The summed E-state index contributed by atoms with van der Waals surface area (Å²) >= 11 is 0. The highest BCUT2D eigenvalue weighted by atomic mass is 16.1. The van der Waals surface area contributed by atoms with E-state index in [-0.39, 0.29) is 0 Å². The molecular weight excluding hydrogens is 176 g/mol. The standard InChI is InChI=1S/C11H20N2O/c12-13(8-14)11-7-3-5-9-4-1-2-6-10(9)11/h8-11H,1-7,12H2. The first-order valence-corrected chi connectivity index (χ1v) is 5.81. The Labute approximate surface area is 85.6 Å². The van der Waals surface area contributed by atoms with Crippen molar-refractivity contribution in [3.8, 4) is 0 Å². The third kappa shape index (κ3) is 1.78. The van der Waals surface area contributed by atoms with Crippen molar-refractivity contribution in [3.63, 3.8) is 0 Å². The summed E-state index contributed by atoms with van der Waals surface area (Å²) in [5, 5.41) is 1.42. The zero-order chi connectivity index (χ0) is 9.97. The fourth-order valence-electron chi connectivity index (χ4n) is 3.35. The third-order valence-electron chi connectivity index (χ3n) is 4.04. The lowest BCUT2D eigenvalue weighted by Crippen LogP contribution is -2.49. The van der Waals surface area contributed by atoms with E-state index in [9.17, 15) is 4.79 Å². The van der Waals surface area contributed by atoms with Gasteiger partial charge in [-0.05, 0) is 24.7 Å². The van der Waals surface area contributed by atoms with E-state index in [1.807, 2.05) is 0 Å². The summed E-state index contributed by atoms with van der Waals surface area (Å²) in [5.41, 5.74) is 0. The van der Waals surface area contributed by atoms with E-state index in [4.69, 9.17) is 5.84 Å². The zero-order valence-corrected chi connectivity index (χ0v) is 8.69. The van der Waals surface area contributed by atoms with Gasteiger partial charge in [-0.2, -0.15) is 0 Å². The Morgan fingerprint density at radius 3 is 2.57 bits per heavy atom. The summed E-state index contributed by atoms with van der Waals surface area (Å²) in [7, 11) is 0. The van der Waals surface area contributed by atoms with Crippen LogP contribution in [0.15, 0.2) is 0 Å². The van der Waals surface area contributed by atoms with Crippen LogP contribution in [0, 0.1) is 11.8 Å². The topological polar surface area (TPSA) is 46.3 Å². The van der Waals surface area contributed by atoms with Gasteiger partial charge in [0.1, 0.15) is 0 Å². The van der Waals surface area contributed by atoms with Crippen molar-refractivity contribution in [1.82, 2.24) is 5.01 Å². The van der Waals surface area contributed by atoms with Gasteiger partial charge in [0.25, 0.3) is 0 Å². The maximum atomic E-state index is 10.7. The minimum atomic E-state index is 0.326. The third-order valence-corrected chi connectivity index (χ3v) is 4.04. The second-order valence-electron chi connectivity index (χ2n) is 4.76. The molecule has 0 bridgehead atoms. The number of rotatable bonds is 2. The minimum absolute atomic E-state index is 0.326. The van der Waals surface area contributed by atoms with Gasteiger partial charge in [-0.1, -0.05) is 32.1 Å². The number of nitrogens with two attached hydrogens (primary N) is 1. The summed E-state index contributed by atoms with van der Waals surface area (Å²) in [6.45, 7) is 0. The highest BCUT2D eigenvalue weighted by Gasteiger charge is 2.36. The molecule has 0 saturated heterocycles. The highest BCUT2D eigenvalue weighted by Crippen LogP contribution is 2.41. The first-order valence-electron chi connectivity index (χ1n) is 5.81. The van der Waals surface area contributed by atoms with Gasteiger partial charge in [0.05, 0.1) is 6.04 Å². The van der Waals surface area contributed by atoms with Crippen LogP contribution in [-0.2, 0) is 4.79 Å². The van der Waals surface area contributed by atoms with Crippen LogP contribution >= 0.6 is 0 Å². The smallest absolute Gasteiger partial charge is 0.223 e. The van der Waals surface area contributed by atoms with E-state index in [1.165, 1.54) is 43.5 Å². The minimum Gasteiger partial charge on any atom is -0.280 e. The van der Waals surface area contributed by atoms with Crippen LogP contribution in [0.25, 0.3) is 0 Å². The maximum absolute atomic E-state index is 10.7. The van der Waals surface area contributed by atoms with Crippen LogP contribution in [0.2, 0.25) is 0 Å². The van der Waals surface area contributed by atoms with Crippen molar-refractivity contribution in [3.05, 3.63) is 0 Å². The van der Waals surface area contributed by atoms with Crippen LogP contribution in [0.1, 0.15) is 44.9 Å². The molecule has 2 fully saturated rings. The van der Waals surface area contributed by atoms with Crippen molar-refractivity contribution in [2.75, 3.05) is 0 Å². The number of hydrazine groups is 1. The van der Waals surface area contributed by atoms with Gasteiger partial charge in [-0.15, -0.1) is 0 Å². The molecular formula is C11H20N2O. The molecule has 2 N–H and O–H groups in total. The normalized spacial score (nSPS) is 37.4. The molecule has 0 aliphatic heterocycles. The van der Waals surface area contributed by atoms with Gasteiger partial charge in [-0.3, -0.25) is 9.80 Å². The molecule has 14 heavy (non-hydrogen) atoms. The molecule has 2 rings (SSSR count). The molecule has 0 aromatic heterocycles. The highest BCUT2D eigenvalue weighted by molar-refractivity contribution is 5.46. The molecule has 0 radical (unpaired) electrons. The second kappa shape index (κ2) is 4.30. The monoisotopic (exact) mass is 196 g/mol. The number of carbonyl (C=O) groups is 1. The van der Waals surface area contributed by atoms with Gasteiger partial charge in [-0.25, -0.2) is 5.84 Å². The average Bonchev–Trinajstić information content (AvgIpc) is 2.27. The van der Waals surface area contributed by atoms with E-state index in [1.54, 1.807) is 0 Å². The summed E-state index contributed by atoms with van der Waals surface area (Å²) in [4.78, 5) is 10.7. The number of carbonyl (C=O) groups excluding carboxylic acids is 1. The fourth-order valence-corrected chi connectivity index (χ4v) is 3.35. The number of fused-ring (bicyclic) bond motifs is 1. The fraction of sp³-hybridized carbons (Fsp3) is 0.909. The largest absolute Gasteiger partial charge is 0.280 e. The molecule has 3 heteroatoms. The van der Waals surface area contributed by atoms with Crippen molar-refractivity contribution < 1.29 is 4.79 Å². The SMILES string of the molecule is NN(C=O)C1CCCC2CCCCC21. The van der Waals surface area contributed by atoms with Gasteiger partial charge in [0, 0.05) is 0 Å². The van der Waals surface area contributed by atoms with Gasteiger partial charge in [0.2, 0.25) is 6.41 Å². The summed E-state index contributed by atoms with van der Waals surface area (Å²) < 4.78 is 0. The van der Waals surface area contributed by atoms with E-state index in [2.05, 4.69) is 0 Å². The maximum Gasteiger partial charge on any atom is 0.223 e. The lowest BCUT2D eigenvalue weighted by molar-refractivity contribution is -0.123. The predicted molar refractivity (Wildman–Crippen MR) is 55.2 cm³/mol. The molecule has 80 valence electrons. The lowest BCUT2D eigenvalue weighted by Gasteiger charge is -2.43. The van der Waals surface area contributed by atoms with Crippen molar-refractivity contribution >= 4 is 6.41 Å². The van der Waals surface area contributed by atoms with Crippen LogP contribution in [0.5, 0.6) is 0 Å². The number of amides is 1. The molecule has 3 atom stereocenters. The first-order chi connectivity index (χ1) is 6.83. The first kappa shape index (κ1) is 9.97. The quantitative estimate of drug-likeness (QED) is 0.316. The van der Waals surface area contributed by atoms with Gasteiger partial charge < -0.3 is 0 Å². The van der Waals surface area contributed by atoms with E-state index in [0.29, 0.717) is 12.0 Å². The molecule has 0 aromatic rings. The van der Waals surface area contributed by atoms with Crippen LogP contribution < -0.4 is 5.84 Å². The van der Waals surface area contributed by atoms with E-state index in [0.717, 1.165) is 18.7 Å². The summed E-state index contributed by atoms with van der Waals surface area (Å²) in [5.74, 6) is 7.25. The van der Waals surface area contributed by atoms with Gasteiger partial charge in [0.15, 0.2) is 0 Å². The average molecular weight is 196 g/mol. The molecule has 1 amide bonds. The Morgan fingerprint density at radius 2 is 1.79 bits per heavy atom. The molecule has 0 aromatic carbocycles. The van der Waals surface area contributed by atoms with Crippen LogP contribution in [0.3, 0.4) is 0 Å². The number of hydrogen-bond acceptors (Lipinski definition) is 2. The van der Waals surface area contributed by atoms with Crippen molar-refractivity contribution in [1.29, 1.82) is 0 Å². The van der Waals surface area contributed by atoms with Gasteiger partial charge >= 0.3 is 0 Å². The van der Waals surface area contributed by atoms with Crippen molar-refractivity contribution in [2.24, 2.45) is 17.7 Å². The predicted octanol–water partition coefficient (Wildman–Crippen LogP) is 1.68. The molecule has 2 aliphatic carbocycles. The Hall–Kier alpha value is -0.570. The summed E-state index contributed by atoms with van der Waals surface area (Å²) in [6.07, 6.45) is 9.83. The Kier molecular flexibility index (Phi) is 3.06. The Morgan fingerprint density at radius 1 is 1.07 bits per heavy atom. The van der Waals surface area contributed by atoms with Crippen molar-refractivity contribution in [2.45, 2.75) is 51.0 Å². The van der Waals surface area contributed by atoms with Crippen LogP contribution in [-0.4, -0.2) is 17.5 Å². The Balaban J connectivity index is 2.04. The molecule has 2 aliphatic rings. The number of hydrogen-bond donors (Lipinski definition) is 1. The molecule has 3 nitrogen and oxygen atoms in total. The molecule has 0 heterocycles. The lowest BCUT2D eigenvalue weighted by atomic mass is 9.68. The number of nitrogens with zero attached hydrogens (tertiary/aromatic N) is 1. The van der Waals surface area contributed by atoms with Crippen LogP contribution in [0.4, 0.5) is 0 Å². The summed E-state index contributed by atoms with van der Waals surface area (Å²) in [6, 6.07) is 0.326. The molecule has 0 spiro atoms. The second-order valence-corrected chi connectivity index (χ2v) is 4.76.